The van der Waals surface area contributed by atoms with Crippen LogP contribution in [0.4, 0.5) is 0 Å². The van der Waals surface area contributed by atoms with Gasteiger partial charge >= 0.3 is 0 Å². The number of imidazole rings is 1. The summed E-state index contributed by atoms with van der Waals surface area (Å²) in [6.45, 7) is 2.16. The van der Waals surface area contributed by atoms with Gasteiger partial charge in [-0.1, -0.05) is 67.1 Å². The molecule has 2 atom stereocenters. The van der Waals surface area contributed by atoms with E-state index >= 15 is 0 Å². The van der Waals surface area contributed by atoms with Crippen LogP contribution in [-0.2, 0) is 11.2 Å². The Morgan fingerprint density at radius 1 is 1.03 bits per heavy atom. The summed E-state index contributed by atoms with van der Waals surface area (Å²) in [5, 5.41) is 3.44. The van der Waals surface area contributed by atoms with Gasteiger partial charge in [0.15, 0.2) is 11.5 Å². The van der Waals surface area contributed by atoms with Gasteiger partial charge in [0.1, 0.15) is 0 Å². The molecule has 1 aromatic heterocycles. The third-order valence-corrected chi connectivity index (χ3v) is 6.83. The van der Waals surface area contributed by atoms with E-state index in [0.29, 0.717) is 18.7 Å². The van der Waals surface area contributed by atoms with Gasteiger partial charge in [0.2, 0.25) is 0 Å². The molecule has 2 heterocycles. The van der Waals surface area contributed by atoms with E-state index in [0.717, 1.165) is 50.0 Å². The van der Waals surface area contributed by atoms with Crippen LogP contribution in [0, 0.1) is 0 Å². The molecule has 2 fully saturated rings. The Bertz CT molecular complexity index is 1110. The summed E-state index contributed by atoms with van der Waals surface area (Å²) in [5.41, 5.74) is 3.34. The number of nitrogens with zero attached hydrogens (tertiary/aromatic N) is 3. The molecule has 1 aliphatic carbocycles. The second-order valence-electron chi connectivity index (χ2n) is 8.99. The molecular formula is C27H30N4O2. The number of hydrogen-bond acceptors (Lipinski definition) is 4. The average Bonchev–Trinajstić information content (AvgIpc) is 3.30. The largest absolute Gasteiger partial charge is 0.331 e. The van der Waals surface area contributed by atoms with Crippen molar-refractivity contribution in [2.24, 2.45) is 0 Å². The van der Waals surface area contributed by atoms with Gasteiger partial charge in [-0.3, -0.25) is 9.59 Å². The van der Waals surface area contributed by atoms with Gasteiger partial charge in [0.25, 0.3) is 5.91 Å². The number of rotatable bonds is 5. The number of amides is 1. The number of benzene rings is 2. The van der Waals surface area contributed by atoms with Crippen molar-refractivity contribution in [2.45, 2.75) is 44.2 Å². The molecule has 1 unspecified atom stereocenters. The van der Waals surface area contributed by atoms with E-state index in [1.54, 1.807) is 6.33 Å². The summed E-state index contributed by atoms with van der Waals surface area (Å²) in [5.74, 6) is 0.178. The van der Waals surface area contributed by atoms with Gasteiger partial charge in [-0.2, -0.15) is 0 Å². The maximum atomic E-state index is 13.9. The van der Waals surface area contributed by atoms with E-state index in [9.17, 15) is 9.59 Å². The van der Waals surface area contributed by atoms with Gasteiger partial charge in [-0.05, 0) is 24.8 Å². The highest BCUT2D eigenvalue weighted by Gasteiger charge is 2.34. The Morgan fingerprint density at radius 3 is 2.55 bits per heavy atom. The molecule has 1 amide bonds. The Labute approximate surface area is 194 Å². The van der Waals surface area contributed by atoms with Crippen LogP contribution in [-0.4, -0.2) is 51.8 Å². The number of Topliss-reactive ketones (excluding diaryl/α,β-unsaturated/α-hetero) is 1. The summed E-state index contributed by atoms with van der Waals surface area (Å²) >= 11 is 0. The lowest BCUT2D eigenvalue weighted by atomic mass is 9.93. The molecule has 3 aromatic rings. The topological polar surface area (TPSA) is 67.2 Å². The Morgan fingerprint density at radius 2 is 1.79 bits per heavy atom. The van der Waals surface area contributed by atoms with Crippen molar-refractivity contribution in [2.75, 3.05) is 19.6 Å². The zero-order valence-corrected chi connectivity index (χ0v) is 18.8. The highest BCUT2D eigenvalue weighted by molar-refractivity contribution is 5.99. The average molecular weight is 443 g/mol. The van der Waals surface area contributed by atoms with Crippen molar-refractivity contribution in [3.8, 4) is 11.3 Å². The Hall–Kier alpha value is -3.25. The number of aromatic nitrogens is 2. The molecule has 6 heteroatoms. The minimum atomic E-state index is -0.244. The van der Waals surface area contributed by atoms with Gasteiger partial charge in [-0.15, -0.1) is 0 Å². The maximum absolute atomic E-state index is 13.9. The molecule has 33 heavy (non-hydrogen) atoms. The minimum Gasteiger partial charge on any atom is -0.331 e. The molecule has 1 N–H and O–H groups in total. The van der Waals surface area contributed by atoms with Crippen LogP contribution in [0.5, 0.6) is 0 Å². The molecule has 6 nitrogen and oxygen atoms in total. The van der Waals surface area contributed by atoms with Gasteiger partial charge in [0.05, 0.1) is 18.1 Å². The predicted octanol–water partition coefficient (Wildman–Crippen LogP) is 3.89. The minimum absolute atomic E-state index is 0.0544. The van der Waals surface area contributed by atoms with Crippen LogP contribution in [0.1, 0.15) is 47.8 Å². The van der Waals surface area contributed by atoms with Crippen molar-refractivity contribution in [1.82, 2.24) is 19.8 Å². The van der Waals surface area contributed by atoms with E-state index < -0.39 is 0 Å². The molecule has 0 radical (unpaired) electrons. The third-order valence-electron chi connectivity index (χ3n) is 6.83. The summed E-state index contributed by atoms with van der Waals surface area (Å²) < 4.78 is 1.96. The van der Waals surface area contributed by atoms with Crippen LogP contribution in [0.3, 0.4) is 0 Å². The number of nitrogens with one attached hydrogen (secondary N) is 1. The molecule has 0 bridgehead atoms. The van der Waals surface area contributed by atoms with Crippen LogP contribution in [0.25, 0.3) is 11.3 Å². The number of carbonyl (C=O) groups excluding carboxylic acids is 2. The highest BCUT2D eigenvalue weighted by atomic mass is 16.2. The fourth-order valence-corrected chi connectivity index (χ4v) is 5.13. The first-order valence-corrected chi connectivity index (χ1v) is 11.9. The molecule has 170 valence electrons. The fraction of sp³-hybridized carbons (Fsp3) is 0.370. The van der Waals surface area contributed by atoms with Gasteiger partial charge in [-0.25, -0.2) is 4.98 Å². The molecule has 0 spiro atoms. The van der Waals surface area contributed by atoms with Crippen LogP contribution in [0.15, 0.2) is 67.0 Å². The van der Waals surface area contributed by atoms with Crippen molar-refractivity contribution < 1.29 is 9.59 Å². The molecular weight excluding hydrogens is 412 g/mol. The van der Waals surface area contributed by atoms with Crippen LogP contribution in [0.2, 0.25) is 0 Å². The molecule has 1 saturated carbocycles. The molecule has 2 aliphatic rings. The third kappa shape index (κ3) is 4.48. The van der Waals surface area contributed by atoms with E-state index in [4.69, 9.17) is 0 Å². The second kappa shape index (κ2) is 9.71. The lowest BCUT2D eigenvalue weighted by Gasteiger charge is -2.36. The van der Waals surface area contributed by atoms with E-state index in [-0.39, 0.29) is 23.8 Å². The van der Waals surface area contributed by atoms with E-state index in [1.165, 1.54) is 5.56 Å². The maximum Gasteiger partial charge on any atom is 0.275 e. The predicted molar refractivity (Wildman–Crippen MR) is 128 cm³/mol. The zero-order chi connectivity index (χ0) is 22.6. The summed E-state index contributed by atoms with van der Waals surface area (Å²) in [4.78, 5) is 33.3. The first-order chi connectivity index (χ1) is 16.2. The summed E-state index contributed by atoms with van der Waals surface area (Å²) in [6, 6.07) is 20.0. The van der Waals surface area contributed by atoms with Gasteiger partial charge < -0.3 is 14.8 Å². The molecule has 1 aliphatic heterocycles. The number of hydrogen-bond donors (Lipinski definition) is 1. The van der Waals surface area contributed by atoms with Crippen LogP contribution >= 0.6 is 0 Å². The SMILES string of the molecule is O=C1CCCCC1n1cnc(C(=O)N2CCNC[C@@H]2Cc2ccccc2)c1-c1ccccc1. The molecule has 1 saturated heterocycles. The van der Waals surface area contributed by atoms with Crippen molar-refractivity contribution in [3.05, 3.63) is 78.2 Å². The monoisotopic (exact) mass is 442 g/mol. The van der Waals surface area contributed by atoms with Gasteiger partial charge in [0, 0.05) is 37.7 Å². The van der Waals surface area contributed by atoms with Crippen molar-refractivity contribution in [3.63, 3.8) is 0 Å². The summed E-state index contributed by atoms with van der Waals surface area (Å²) in [7, 11) is 0. The van der Waals surface area contributed by atoms with Crippen molar-refractivity contribution >= 4 is 11.7 Å². The number of ketones is 1. The number of piperazine rings is 1. The smallest absolute Gasteiger partial charge is 0.275 e. The van der Waals surface area contributed by atoms with Crippen LogP contribution < -0.4 is 5.32 Å². The Balaban J connectivity index is 1.51. The second-order valence-corrected chi connectivity index (χ2v) is 8.99. The van der Waals surface area contributed by atoms with E-state index in [1.807, 2.05) is 58.0 Å². The quantitative estimate of drug-likeness (QED) is 0.651. The highest BCUT2D eigenvalue weighted by Crippen LogP contribution is 2.33. The summed E-state index contributed by atoms with van der Waals surface area (Å²) in [6.07, 6.45) is 5.85. The lowest BCUT2D eigenvalue weighted by molar-refractivity contribution is -0.123. The number of carbonyl (C=O) groups is 2. The molecule has 5 rings (SSSR count). The van der Waals surface area contributed by atoms with Crippen molar-refractivity contribution in [1.29, 1.82) is 0 Å². The Kier molecular flexibility index (Phi) is 6.35. The normalized spacial score (nSPS) is 21.2. The standard InChI is InChI=1S/C27H30N4O2/c32-24-14-8-7-13-23(24)31-19-29-25(26(31)21-11-5-2-6-12-21)27(33)30-16-15-28-18-22(30)17-20-9-3-1-4-10-20/h1-6,9-12,19,22-23,28H,7-8,13-18H2/t22-,23?/m0/s1. The first kappa shape index (κ1) is 21.6. The zero-order valence-electron chi connectivity index (χ0n) is 18.8. The van der Waals surface area contributed by atoms with E-state index in [2.05, 4.69) is 22.4 Å². The lowest BCUT2D eigenvalue weighted by Crippen LogP contribution is -2.54. The first-order valence-electron chi connectivity index (χ1n) is 11.9. The fourth-order valence-electron chi connectivity index (χ4n) is 5.13. The molecule has 2 aromatic carbocycles.